The van der Waals surface area contributed by atoms with Crippen molar-refractivity contribution in [2.75, 3.05) is 0 Å². The molecule has 2 unspecified atom stereocenters. The summed E-state index contributed by atoms with van der Waals surface area (Å²) in [5, 5.41) is 3.53. The Morgan fingerprint density at radius 2 is 2.08 bits per heavy atom. The SMILES string of the molecule is C=CC(C)NC(CC)CCCC. The summed E-state index contributed by atoms with van der Waals surface area (Å²) >= 11 is 0. The first kappa shape index (κ1) is 11.7. The molecule has 72 valence electrons. The van der Waals surface area contributed by atoms with Crippen molar-refractivity contribution in [2.45, 2.75) is 58.5 Å². The summed E-state index contributed by atoms with van der Waals surface area (Å²) in [7, 11) is 0. The Hall–Kier alpha value is -0.300. The van der Waals surface area contributed by atoms with E-state index in [2.05, 4.69) is 32.7 Å². The number of unbranched alkanes of at least 4 members (excludes halogenated alkanes) is 1. The first-order chi connectivity index (χ1) is 5.74. The molecule has 1 N–H and O–H groups in total. The monoisotopic (exact) mass is 169 g/mol. The molecule has 12 heavy (non-hydrogen) atoms. The van der Waals surface area contributed by atoms with Crippen molar-refractivity contribution < 1.29 is 0 Å². The third-order valence-electron chi connectivity index (χ3n) is 2.25. The van der Waals surface area contributed by atoms with E-state index in [1.54, 1.807) is 0 Å². The minimum absolute atomic E-state index is 0.451. The van der Waals surface area contributed by atoms with Crippen LogP contribution in [0.15, 0.2) is 12.7 Å². The smallest absolute Gasteiger partial charge is 0.0221 e. The molecule has 0 saturated heterocycles. The van der Waals surface area contributed by atoms with E-state index < -0.39 is 0 Å². The highest BCUT2D eigenvalue weighted by atomic mass is 14.9. The summed E-state index contributed by atoms with van der Waals surface area (Å²) < 4.78 is 0. The van der Waals surface area contributed by atoms with E-state index >= 15 is 0 Å². The maximum absolute atomic E-state index is 3.77. The van der Waals surface area contributed by atoms with Gasteiger partial charge in [-0.1, -0.05) is 32.8 Å². The Labute approximate surface area is 77.2 Å². The largest absolute Gasteiger partial charge is 0.308 e. The van der Waals surface area contributed by atoms with Gasteiger partial charge >= 0.3 is 0 Å². The summed E-state index contributed by atoms with van der Waals surface area (Å²) in [5.74, 6) is 0. The van der Waals surface area contributed by atoms with Crippen LogP contribution in [0.2, 0.25) is 0 Å². The summed E-state index contributed by atoms with van der Waals surface area (Å²) in [4.78, 5) is 0. The molecule has 0 aromatic rings. The second-order valence-corrected chi connectivity index (χ2v) is 3.44. The highest BCUT2D eigenvalue weighted by Crippen LogP contribution is 2.04. The zero-order valence-corrected chi connectivity index (χ0v) is 8.77. The van der Waals surface area contributed by atoms with Gasteiger partial charge in [0.25, 0.3) is 0 Å². The van der Waals surface area contributed by atoms with Crippen LogP contribution in [0.3, 0.4) is 0 Å². The fourth-order valence-electron chi connectivity index (χ4n) is 1.30. The predicted molar refractivity (Wildman–Crippen MR) is 56.4 cm³/mol. The lowest BCUT2D eigenvalue weighted by Crippen LogP contribution is -2.34. The number of hydrogen-bond acceptors (Lipinski definition) is 1. The lowest BCUT2D eigenvalue weighted by Gasteiger charge is -2.19. The molecular weight excluding hydrogens is 146 g/mol. The fraction of sp³-hybridized carbons (Fsp3) is 0.818. The molecule has 1 heteroatoms. The highest BCUT2D eigenvalue weighted by molar-refractivity contribution is 4.83. The minimum Gasteiger partial charge on any atom is -0.308 e. The van der Waals surface area contributed by atoms with Gasteiger partial charge in [0.15, 0.2) is 0 Å². The summed E-state index contributed by atoms with van der Waals surface area (Å²) in [6.45, 7) is 10.4. The Morgan fingerprint density at radius 3 is 2.50 bits per heavy atom. The van der Waals surface area contributed by atoms with Crippen molar-refractivity contribution >= 4 is 0 Å². The number of hydrogen-bond donors (Lipinski definition) is 1. The Bertz CT molecular complexity index is 110. The van der Waals surface area contributed by atoms with E-state index in [9.17, 15) is 0 Å². The van der Waals surface area contributed by atoms with Gasteiger partial charge in [-0.3, -0.25) is 0 Å². The second-order valence-electron chi connectivity index (χ2n) is 3.44. The molecule has 0 radical (unpaired) electrons. The van der Waals surface area contributed by atoms with Gasteiger partial charge in [-0.2, -0.15) is 0 Å². The molecule has 0 heterocycles. The molecule has 0 amide bonds. The maximum Gasteiger partial charge on any atom is 0.0221 e. The van der Waals surface area contributed by atoms with Crippen LogP contribution in [-0.2, 0) is 0 Å². The minimum atomic E-state index is 0.451. The molecule has 0 aliphatic rings. The fourth-order valence-corrected chi connectivity index (χ4v) is 1.30. The molecule has 0 aliphatic carbocycles. The van der Waals surface area contributed by atoms with Gasteiger partial charge in [-0.05, 0) is 19.8 Å². The standard InChI is InChI=1S/C11H23N/c1-5-8-9-11(7-3)12-10(4)6-2/h6,10-12H,2,5,7-9H2,1,3-4H3. The molecule has 1 nitrogen and oxygen atoms in total. The van der Waals surface area contributed by atoms with Crippen LogP contribution in [0.1, 0.15) is 46.5 Å². The lowest BCUT2D eigenvalue weighted by atomic mass is 10.1. The molecule has 0 aromatic heterocycles. The molecular formula is C11H23N. The second kappa shape index (κ2) is 7.35. The van der Waals surface area contributed by atoms with E-state index in [1.807, 2.05) is 6.08 Å². The van der Waals surface area contributed by atoms with Crippen LogP contribution < -0.4 is 5.32 Å². The van der Waals surface area contributed by atoms with Crippen molar-refractivity contribution in [1.82, 2.24) is 5.32 Å². The predicted octanol–water partition coefficient (Wildman–Crippen LogP) is 3.12. The van der Waals surface area contributed by atoms with E-state index in [4.69, 9.17) is 0 Å². The third kappa shape index (κ3) is 5.36. The topological polar surface area (TPSA) is 12.0 Å². The van der Waals surface area contributed by atoms with Crippen molar-refractivity contribution in [3.63, 3.8) is 0 Å². The summed E-state index contributed by atoms with van der Waals surface area (Å²) in [5.41, 5.74) is 0. The lowest BCUT2D eigenvalue weighted by molar-refractivity contribution is 0.434. The van der Waals surface area contributed by atoms with Gasteiger partial charge in [0.2, 0.25) is 0 Å². The number of rotatable bonds is 7. The molecule has 2 atom stereocenters. The quantitative estimate of drug-likeness (QED) is 0.577. The molecule has 0 aliphatic heterocycles. The Morgan fingerprint density at radius 1 is 1.42 bits per heavy atom. The maximum atomic E-state index is 3.77. The summed E-state index contributed by atoms with van der Waals surface area (Å²) in [6.07, 6.45) is 7.11. The molecule has 0 aromatic carbocycles. The van der Waals surface area contributed by atoms with Crippen LogP contribution in [0, 0.1) is 0 Å². The third-order valence-corrected chi connectivity index (χ3v) is 2.25. The molecule has 0 bridgehead atoms. The van der Waals surface area contributed by atoms with Crippen LogP contribution in [0.4, 0.5) is 0 Å². The molecule has 0 rings (SSSR count). The zero-order valence-electron chi connectivity index (χ0n) is 8.77. The molecule has 0 fully saturated rings. The van der Waals surface area contributed by atoms with Crippen LogP contribution in [0.25, 0.3) is 0 Å². The van der Waals surface area contributed by atoms with Gasteiger partial charge in [0.05, 0.1) is 0 Å². The Kier molecular flexibility index (Phi) is 7.17. The van der Waals surface area contributed by atoms with Gasteiger partial charge in [0.1, 0.15) is 0 Å². The van der Waals surface area contributed by atoms with E-state index in [0.717, 1.165) is 0 Å². The van der Waals surface area contributed by atoms with Crippen molar-refractivity contribution in [3.05, 3.63) is 12.7 Å². The summed E-state index contributed by atoms with van der Waals surface area (Å²) in [6, 6.07) is 1.13. The number of nitrogens with one attached hydrogen (secondary N) is 1. The highest BCUT2D eigenvalue weighted by Gasteiger charge is 2.06. The molecule has 0 saturated carbocycles. The van der Waals surface area contributed by atoms with Crippen molar-refractivity contribution in [3.8, 4) is 0 Å². The van der Waals surface area contributed by atoms with Crippen LogP contribution in [-0.4, -0.2) is 12.1 Å². The Balaban J connectivity index is 3.58. The van der Waals surface area contributed by atoms with Crippen LogP contribution >= 0.6 is 0 Å². The van der Waals surface area contributed by atoms with Gasteiger partial charge in [0, 0.05) is 12.1 Å². The average Bonchev–Trinajstić information content (AvgIpc) is 2.11. The normalized spacial score (nSPS) is 15.6. The van der Waals surface area contributed by atoms with Gasteiger partial charge in [-0.25, -0.2) is 0 Å². The van der Waals surface area contributed by atoms with Crippen LogP contribution in [0.5, 0.6) is 0 Å². The van der Waals surface area contributed by atoms with Crippen molar-refractivity contribution in [2.24, 2.45) is 0 Å². The molecule has 0 spiro atoms. The first-order valence-corrected chi connectivity index (χ1v) is 5.13. The zero-order chi connectivity index (χ0) is 9.40. The van der Waals surface area contributed by atoms with E-state index in [1.165, 1.54) is 25.7 Å². The van der Waals surface area contributed by atoms with Gasteiger partial charge in [-0.15, -0.1) is 6.58 Å². The van der Waals surface area contributed by atoms with Gasteiger partial charge < -0.3 is 5.32 Å². The first-order valence-electron chi connectivity index (χ1n) is 5.13. The van der Waals surface area contributed by atoms with Crippen molar-refractivity contribution in [1.29, 1.82) is 0 Å². The average molecular weight is 169 g/mol. The van der Waals surface area contributed by atoms with E-state index in [-0.39, 0.29) is 0 Å². The van der Waals surface area contributed by atoms with E-state index in [0.29, 0.717) is 12.1 Å².